The quantitative estimate of drug-likeness (QED) is 0.538. The van der Waals surface area contributed by atoms with Crippen LogP contribution in [-0.4, -0.2) is 20.3 Å². The first-order valence-corrected chi connectivity index (χ1v) is 7.40. The monoisotopic (exact) mass is 306 g/mol. The standard InChI is InChI=1S/C17H19ClO3/c1-19-16-9-8-14(13-18)12-17(16)21-11-5-10-20-15-6-3-2-4-7-15/h2-4,6-9,12H,5,10-11,13H2,1H3. The molecule has 112 valence electrons. The van der Waals surface area contributed by atoms with Crippen molar-refractivity contribution in [2.45, 2.75) is 12.3 Å². The lowest BCUT2D eigenvalue weighted by atomic mass is 10.2. The summed E-state index contributed by atoms with van der Waals surface area (Å²) in [6, 6.07) is 15.4. The van der Waals surface area contributed by atoms with Crippen molar-refractivity contribution in [1.29, 1.82) is 0 Å². The number of ether oxygens (including phenoxy) is 3. The molecular weight excluding hydrogens is 288 g/mol. The van der Waals surface area contributed by atoms with Gasteiger partial charge in [0.15, 0.2) is 11.5 Å². The van der Waals surface area contributed by atoms with Crippen LogP contribution in [0.5, 0.6) is 17.2 Å². The fourth-order valence-electron chi connectivity index (χ4n) is 1.86. The maximum atomic E-state index is 5.83. The summed E-state index contributed by atoms with van der Waals surface area (Å²) in [5.74, 6) is 2.76. The van der Waals surface area contributed by atoms with Crippen molar-refractivity contribution in [1.82, 2.24) is 0 Å². The van der Waals surface area contributed by atoms with Crippen LogP contribution in [0.3, 0.4) is 0 Å². The molecule has 2 aromatic rings. The van der Waals surface area contributed by atoms with Crippen molar-refractivity contribution in [3.05, 3.63) is 54.1 Å². The van der Waals surface area contributed by atoms with E-state index in [-0.39, 0.29) is 0 Å². The zero-order chi connectivity index (χ0) is 14.9. The molecule has 0 aromatic heterocycles. The van der Waals surface area contributed by atoms with Crippen molar-refractivity contribution in [2.75, 3.05) is 20.3 Å². The van der Waals surface area contributed by atoms with E-state index in [2.05, 4.69) is 0 Å². The summed E-state index contributed by atoms with van der Waals surface area (Å²) in [5, 5.41) is 0. The van der Waals surface area contributed by atoms with E-state index in [9.17, 15) is 0 Å². The van der Waals surface area contributed by atoms with Crippen LogP contribution in [0, 0.1) is 0 Å². The van der Waals surface area contributed by atoms with Gasteiger partial charge in [-0.15, -0.1) is 11.6 Å². The highest BCUT2D eigenvalue weighted by molar-refractivity contribution is 6.17. The summed E-state index contributed by atoms with van der Waals surface area (Å²) in [7, 11) is 1.63. The Labute approximate surface area is 130 Å². The van der Waals surface area contributed by atoms with Crippen LogP contribution in [0.4, 0.5) is 0 Å². The number of para-hydroxylation sites is 1. The molecule has 0 spiro atoms. The Bertz CT molecular complexity index is 543. The maximum absolute atomic E-state index is 5.83. The smallest absolute Gasteiger partial charge is 0.161 e. The van der Waals surface area contributed by atoms with E-state index in [0.29, 0.717) is 24.8 Å². The van der Waals surface area contributed by atoms with Gasteiger partial charge in [-0.1, -0.05) is 24.3 Å². The van der Waals surface area contributed by atoms with Gasteiger partial charge in [0.2, 0.25) is 0 Å². The summed E-state index contributed by atoms with van der Waals surface area (Å²) in [6.45, 7) is 1.18. The van der Waals surface area contributed by atoms with Crippen molar-refractivity contribution in [3.63, 3.8) is 0 Å². The van der Waals surface area contributed by atoms with E-state index in [0.717, 1.165) is 23.5 Å². The zero-order valence-corrected chi connectivity index (χ0v) is 12.8. The van der Waals surface area contributed by atoms with Crippen LogP contribution in [-0.2, 0) is 5.88 Å². The summed E-state index contributed by atoms with van der Waals surface area (Å²) >= 11 is 5.83. The number of hydrogen-bond donors (Lipinski definition) is 0. The highest BCUT2D eigenvalue weighted by Crippen LogP contribution is 2.28. The van der Waals surface area contributed by atoms with E-state index in [1.165, 1.54) is 0 Å². The molecular formula is C17H19ClO3. The molecule has 0 heterocycles. The molecule has 21 heavy (non-hydrogen) atoms. The van der Waals surface area contributed by atoms with Gasteiger partial charge in [0.05, 0.1) is 20.3 Å². The van der Waals surface area contributed by atoms with E-state index in [1.54, 1.807) is 7.11 Å². The Morgan fingerprint density at radius 1 is 0.905 bits per heavy atom. The summed E-state index contributed by atoms with van der Waals surface area (Å²) in [4.78, 5) is 0. The number of alkyl halides is 1. The molecule has 0 fully saturated rings. The minimum absolute atomic E-state index is 0.456. The molecule has 0 amide bonds. The largest absolute Gasteiger partial charge is 0.493 e. The number of halogens is 1. The van der Waals surface area contributed by atoms with Gasteiger partial charge in [0.1, 0.15) is 5.75 Å². The first kappa shape index (κ1) is 15.5. The highest BCUT2D eigenvalue weighted by Gasteiger charge is 2.05. The van der Waals surface area contributed by atoms with Gasteiger partial charge in [-0.3, -0.25) is 0 Å². The molecule has 0 atom stereocenters. The number of methoxy groups -OCH3 is 1. The lowest BCUT2D eigenvalue weighted by molar-refractivity contribution is 0.240. The second-order valence-corrected chi connectivity index (χ2v) is 4.75. The van der Waals surface area contributed by atoms with Crippen LogP contribution >= 0.6 is 11.6 Å². The van der Waals surface area contributed by atoms with Crippen LogP contribution in [0.2, 0.25) is 0 Å². The highest BCUT2D eigenvalue weighted by atomic mass is 35.5. The summed E-state index contributed by atoms with van der Waals surface area (Å²) in [5.41, 5.74) is 1.01. The van der Waals surface area contributed by atoms with Crippen LogP contribution in [0.1, 0.15) is 12.0 Å². The van der Waals surface area contributed by atoms with E-state index in [4.69, 9.17) is 25.8 Å². The molecule has 0 saturated heterocycles. The Balaban J connectivity index is 1.78. The Kier molecular flexibility index (Phi) is 6.22. The SMILES string of the molecule is COc1ccc(CCl)cc1OCCCOc1ccccc1. The van der Waals surface area contributed by atoms with Crippen LogP contribution < -0.4 is 14.2 Å². The van der Waals surface area contributed by atoms with Crippen LogP contribution in [0.25, 0.3) is 0 Å². The lowest BCUT2D eigenvalue weighted by Crippen LogP contribution is -2.05. The Morgan fingerprint density at radius 2 is 1.67 bits per heavy atom. The lowest BCUT2D eigenvalue weighted by Gasteiger charge is -2.12. The molecule has 0 unspecified atom stereocenters. The van der Waals surface area contributed by atoms with Crippen molar-refractivity contribution in [3.8, 4) is 17.2 Å². The molecule has 2 rings (SSSR count). The van der Waals surface area contributed by atoms with Crippen molar-refractivity contribution >= 4 is 11.6 Å². The predicted molar refractivity (Wildman–Crippen MR) is 84.6 cm³/mol. The molecule has 0 radical (unpaired) electrons. The first-order chi connectivity index (χ1) is 10.3. The molecule has 0 aliphatic rings. The number of rotatable bonds is 8. The molecule has 3 nitrogen and oxygen atoms in total. The van der Waals surface area contributed by atoms with Gasteiger partial charge in [0.25, 0.3) is 0 Å². The third kappa shape index (κ3) is 4.87. The third-order valence-corrected chi connectivity index (χ3v) is 3.25. The fourth-order valence-corrected chi connectivity index (χ4v) is 2.03. The molecule has 0 saturated carbocycles. The maximum Gasteiger partial charge on any atom is 0.161 e. The summed E-state index contributed by atoms with van der Waals surface area (Å²) < 4.78 is 16.6. The number of hydrogen-bond acceptors (Lipinski definition) is 3. The van der Waals surface area contributed by atoms with Gasteiger partial charge < -0.3 is 14.2 Å². The third-order valence-electron chi connectivity index (χ3n) is 2.94. The molecule has 0 bridgehead atoms. The second-order valence-electron chi connectivity index (χ2n) is 4.48. The molecule has 0 N–H and O–H groups in total. The molecule has 2 aromatic carbocycles. The molecule has 0 aliphatic carbocycles. The molecule has 0 aliphatic heterocycles. The number of benzene rings is 2. The average Bonchev–Trinajstić information content (AvgIpc) is 2.55. The topological polar surface area (TPSA) is 27.7 Å². The normalized spacial score (nSPS) is 10.2. The van der Waals surface area contributed by atoms with Gasteiger partial charge in [-0.05, 0) is 29.8 Å². The van der Waals surface area contributed by atoms with Crippen LogP contribution in [0.15, 0.2) is 48.5 Å². The molecule has 4 heteroatoms. The predicted octanol–water partition coefficient (Wildman–Crippen LogP) is 4.28. The van der Waals surface area contributed by atoms with E-state index < -0.39 is 0 Å². The average molecular weight is 307 g/mol. The van der Waals surface area contributed by atoms with Gasteiger partial charge in [0, 0.05) is 12.3 Å². The fraction of sp³-hybridized carbons (Fsp3) is 0.294. The Hall–Kier alpha value is -1.87. The second kappa shape index (κ2) is 8.42. The summed E-state index contributed by atoms with van der Waals surface area (Å²) in [6.07, 6.45) is 0.795. The zero-order valence-electron chi connectivity index (χ0n) is 12.0. The van der Waals surface area contributed by atoms with Crippen molar-refractivity contribution < 1.29 is 14.2 Å². The first-order valence-electron chi connectivity index (χ1n) is 6.87. The van der Waals surface area contributed by atoms with Gasteiger partial charge >= 0.3 is 0 Å². The minimum Gasteiger partial charge on any atom is -0.493 e. The minimum atomic E-state index is 0.456. The van der Waals surface area contributed by atoms with Crippen molar-refractivity contribution in [2.24, 2.45) is 0 Å². The Morgan fingerprint density at radius 3 is 2.38 bits per heavy atom. The van der Waals surface area contributed by atoms with Gasteiger partial charge in [-0.2, -0.15) is 0 Å². The van der Waals surface area contributed by atoms with E-state index in [1.807, 2.05) is 48.5 Å². The van der Waals surface area contributed by atoms with E-state index >= 15 is 0 Å². The van der Waals surface area contributed by atoms with Gasteiger partial charge in [-0.25, -0.2) is 0 Å².